The smallest absolute Gasteiger partial charge is 0.297 e. The number of nitrogens with one attached hydrogen (secondary N) is 2. The quantitative estimate of drug-likeness (QED) is 0.326. The average molecular weight is 301 g/mol. The van der Waals surface area contributed by atoms with Crippen molar-refractivity contribution in [2.24, 2.45) is 22.0 Å². The van der Waals surface area contributed by atoms with Gasteiger partial charge in [0.1, 0.15) is 11.0 Å². The fraction of sp³-hybridized carbons (Fsp3) is 0. The van der Waals surface area contributed by atoms with Gasteiger partial charge in [-0.1, -0.05) is 11.6 Å². The van der Waals surface area contributed by atoms with E-state index in [4.69, 9.17) is 33.6 Å². The number of aromatic nitrogens is 2. The van der Waals surface area contributed by atoms with Crippen LogP contribution in [0.25, 0.3) is 0 Å². The first-order valence-electron chi connectivity index (χ1n) is 4.01. The molecule has 17 heavy (non-hydrogen) atoms. The summed E-state index contributed by atoms with van der Waals surface area (Å²) >= 11 is 5.63. The Morgan fingerprint density at radius 3 is 2.06 bits per heavy atom. The summed E-state index contributed by atoms with van der Waals surface area (Å²) in [5.74, 6) is -0.226. The molecule has 0 atom stereocenters. The zero-order chi connectivity index (χ0) is 13.3. The first-order chi connectivity index (χ1) is 7.55. The molecule has 1 rings (SSSR count). The van der Waals surface area contributed by atoms with Crippen LogP contribution in [-0.2, 0) is 9.13 Å². The van der Waals surface area contributed by atoms with Crippen LogP contribution in [0.2, 0.25) is 5.15 Å². The Hall–Kier alpha value is -0.730. The number of nitrogens with zero attached hydrogens (tertiary/aromatic N) is 2. The molecule has 0 aliphatic carbocycles. The van der Waals surface area contributed by atoms with Crippen LogP contribution >= 0.6 is 26.8 Å². The topological polar surface area (TPSA) is 188 Å². The van der Waals surface area contributed by atoms with E-state index in [0.29, 0.717) is 0 Å². The van der Waals surface area contributed by atoms with Gasteiger partial charge in [0.05, 0.1) is 0 Å². The van der Waals surface area contributed by atoms with Crippen molar-refractivity contribution in [1.29, 1.82) is 0 Å². The monoisotopic (exact) mass is 300 g/mol. The minimum Gasteiger partial charge on any atom is -0.297 e. The van der Waals surface area contributed by atoms with Crippen LogP contribution in [0, 0.1) is 0 Å². The Morgan fingerprint density at radius 1 is 1.06 bits per heavy atom. The van der Waals surface area contributed by atoms with E-state index in [1.54, 1.807) is 0 Å². The van der Waals surface area contributed by atoms with Crippen LogP contribution in [0.1, 0.15) is 0 Å². The predicted octanol–water partition coefficient (Wildman–Crippen LogP) is 0.00480. The van der Waals surface area contributed by atoms with Gasteiger partial charge >= 0.3 is 0 Å². The summed E-state index contributed by atoms with van der Waals surface area (Å²) in [7, 11) is -7.11. The molecule has 0 saturated heterocycles. The van der Waals surface area contributed by atoms with Crippen molar-refractivity contribution in [3.63, 3.8) is 0 Å². The third-order valence-electron chi connectivity index (χ3n) is 1.26. The molecule has 0 fully saturated rings. The molecule has 10 N–H and O–H groups in total. The van der Waals surface area contributed by atoms with E-state index in [2.05, 4.69) is 20.1 Å². The lowest BCUT2D eigenvalue weighted by Crippen LogP contribution is -2.17. The summed E-state index contributed by atoms with van der Waals surface area (Å²) < 4.78 is 22.2. The molecule has 0 aliphatic rings. The van der Waals surface area contributed by atoms with E-state index in [9.17, 15) is 9.13 Å². The lowest BCUT2D eigenvalue weighted by atomic mass is 10.6. The Morgan fingerprint density at radius 2 is 1.59 bits per heavy atom. The van der Waals surface area contributed by atoms with E-state index in [-0.39, 0.29) is 16.9 Å². The molecule has 0 bridgehead atoms. The van der Waals surface area contributed by atoms with E-state index in [1.807, 2.05) is 0 Å². The Balaban J connectivity index is 3.03. The minimum absolute atomic E-state index is 0.0192. The third kappa shape index (κ3) is 5.94. The van der Waals surface area contributed by atoms with Crippen molar-refractivity contribution >= 4 is 38.6 Å². The van der Waals surface area contributed by atoms with Gasteiger partial charge < -0.3 is 0 Å². The highest BCUT2D eigenvalue weighted by Gasteiger charge is 2.14. The van der Waals surface area contributed by atoms with Crippen LogP contribution in [0.4, 0.5) is 11.8 Å². The van der Waals surface area contributed by atoms with Gasteiger partial charge in [-0.2, -0.15) is 4.98 Å². The average Bonchev–Trinajstić information content (AvgIpc) is 1.93. The molecule has 1 aromatic rings. The zero-order valence-corrected chi connectivity index (χ0v) is 10.9. The summed E-state index contributed by atoms with van der Waals surface area (Å²) in [6.07, 6.45) is 0. The fourth-order valence-electron chi connectivity index (χ4n) is 0.860. The Labute approximate surface area is 102 Å². The molecule has 0 radical (unpaired) electrons. The van der Waals surface area contributed by atoms with Crippen LogP contribution in [0.5, 0.6) is 0 Å². The SMILES string of the molecule is NP(N)(=O)Nc1cc(Cl)nc(NP(N)(N)=O)n1. The lowest BCUT2D eigenvalue weighted by Gasteiger charge is -2.12. The number of nitrogens with two attached hydrogens (primary N) is 4. The molecule has 13 heteroatoms. The highest BCUT2D eigenvalue weighted by atomic mass is 35.5. The van der Waals surface area contributed by atoms with Crippen LogP contribution < -0.4 is 32.2 Å². The third-order valence-corrected chi connectivity index (χ3v) is 2.58. The number of halogens is 1. The molecule has 0 aromatic carbocycles. The molecular formula is C4H11ClN8O2P2. The van der Waals surface area contributed by atoms with Crippen molar-refractivity contribution < 1.29 is 9.13 Å². The lowest BCUT2D eigenvalue weighted by molar-refractivity contribution is 0.579. The minimum atomic E-state index is -3.57. The fourth-order valence-corrected chi connectivity index (χ4v) is 1.93. The van der Waals surface area contributed by atoms with Crippen molar-refractivity contribution in [3.8, 4) is 0 Å². The van der Waals surface area contributed by atoms with Gasteiger partial charge in [-0.05, 0) is 0 Å². The maximum absolute atomic E-state index is 11.1. The van der Waals surface area contributed by atoms with Gasteiger partial charge in [-0.25, -0.2) is 4.98 Å². The van der Waals surface area contributed by atoms with Gasteiger partial charge in [-0.15, -0.1) is 0 Å². The van der Waals surface area contributed by atoms with E-state index in [1.165, 1.54) is 6.07 Å². The number of anilines is 2. The Bertz CT molecular complexity index is 468. The highest BCUT2D eigenvalue weighted by molar-refractivity contribution is 7.60. The van der Waals surface area contributed by atoms with Gasteiger partial charge in [0.15, 0.2) is 0 Å². The number of hydrogen-bond acceptors (Lipinski definition) is 4. The molecule has 10 nitrogen and oxygen atoms in total. The van der Waals surface area contributed by atoms with Crippen molar-refractivity contribution in [2.45, 2.75) is 0 Å². The second-order valence-electron chi connectivity index (χ2n) is 3.04. The van der Waals surface area contributed by atoms with Crippen LogP contribution in [0.3, 0.4) is 0 Å². The summed E-state index contributed by atoms with van der Waals surface area (Å²) in [4.78, 5) is 7.37. The molecular weight excluding hydrogens is 289 g/mol. The molecule has 0 saturated carbocycles. The first-order valence-corrected chi connectivity index (χ1v) is 8.07. The highest BCUT2D eigenvalue weighted by Crippen LogP contribution is 2.30. The largest absolute Gasteiger partial charge is 0.300 e. The van der Waals surface area contributed by atoms with Crippen molar-refractivity contribution in [3.05, 3.63) is 11.2 Å². The van der Waals surface area contributed by atoms with E-state index in [0.717, 1.165) is 0 Å². The van der Waals surface area contributed by atoms with Gasteiger partial charge in [0.2, 0.25) is 5.95 Å². The van der Waals surface area contributed by atoms with Crippen molar-refractivity contribution in [1.82, 2.24) is 9.97 Å². The molecule has 0 unspecified atom stereocenters. The zero-order valence-electron chi connectivity index (χ0n) is 8.37. The maximum atomic E-state index is 11.1. The van der Waals surface area contributed by atoms with Crippen molar-refractivity contribution in [2.75, 3.05) is 10.2 Å². The molecule has 0 spiro atoms. The standard InChI is InChI=1S/C4H11ClN8O2P2/c5-2-1-3(12-16(6,7)14)11-4(10-2)13-17(8,9)15/h1H,(H10,6,7,8,9,10,11,12,13,14,15). The summed E-state index contributed by atoms with van der Waals surface area (Å²) in [5.41, 5.74) is 20.3. The number of hydrogen-bond donors (Lipinski definition) is 6. The summed E-state index contributed by atoms with van der Waals surface area (Å²) in [5, 5.41) is 4.32. The molecule has 0 aliphatic heterocycles. The summed E-state index contributed by atoms with van der Waals surface area (Å²) in [6, 6.07) is 1.22. The first kappa shape index (κ1) is 14.3. The number of rotatable bonds is 4. The molecule has 96 valence electrons. The van der Waals surface area contributed by atoms with Crippen LogP contribution in [0.15, 0.2) is 6.07 Å². The molecule has 1 heterocycles. The van der Waals surface area contributed by atoms with Crippen LogP contribution in [-0.4, -0.2) is 9.97 Å². The second kappa shape index (κ2) is 4.87. The second-order valence-corrected chi connectivity index (χ2v) is 6.71. The summed E-state index contributed by atoms with van der Waals surface area (Å²) in [6.45, 7) is 0. The maximum Gasteiger partial charge on any atom is 0.300 e. The van der Waals surface area contributed by atoms with E-state index < -0.39 is 15.2 Å². The predicted molar refractivity (Wildman–Crippen MR) is 66.2 cm³/mol. The normalized spacial score (nSPS) is 12.3. The Kier molecular flexibility index (Phi) is 4.11. The van der Waals surface area contributed by atoms with Gasteiger partial charge in [0.25, 0.3) is 15.2 Å². The van der Waals surface area contributed by atoms with Gasteiger partial charge in [0, 0.05) is 6.07 Å². The van der Waals surface area contributed by atoms with E-state index >= 15 is 0 Å². The molecule has 1 aromatic heterocycles. The molecule has 0 amide bonds. The van der Waals surface area contributed by atoms with Gasteiger partial charge in [-0.3, -0.25) is 41.3 Å².